The zero-order valence-electron chi connectivity index (χ0n) is 7.30. The predicted molar refractivity (Wildman–Crippen MR) is 47.5 cm³/mol. The van der Waals surface area contributed by atoms with Gasteiger partial charge in [-0.25, -0.2) is 0 Å². The Morgan fingerprint density at radius 2 is 2.50 bits per heavy atom. The molecule has 0 aromatic heterocycles. The van der Waals surface area contributed by atoms with Crippen LogP contribution in [0.25, 0.3) is 0 Å². The van der Waals surface area contributed by atoms with Crippen molar-refractivity contribution in [2.45, 2.75) is 12.5 Å². The lowest BCUT2D eigenvalue weighted by Crippen LogP contribution is -2.40. The molecule has 2 aliphatic heterocycles. The van der Waals surface area contributed by atoms with Gasteiger partial charge in [0.15, 0.2) is 5.96 Å². The monoisotopic (exact) mass is 195 g/mol. The molecule has 0 fully saturated rings. The number of carbonyl (C=O) groups is 2. The molecule has 1 atom stereocenters. The number of amides is 1. The maximum Gasteiger partial charge on any atom is 0.307 e. The first-order valence-electron chi connectivity index (χ1n) is 4.15. The second-order valence-electron chi connectivity index (χ2n) is 3.21. The van der Waals surface area contributed by atoms with E-state index in [0.717, 1.165) is 0 Å². The fourth-order valence-electron chi connectivity index (χ4n) is 1.71. The standard InChI is InChI=1S/C8H9N3O3/c9-8-10-3-5-4(2-7(13)14)1-6(12)11(5)8/h1,5H,2-3H2,(H2,9,10)(H,13,14). The number of nitrogens with zero attached hydrogens (tertiary/aromatic N) is 2. The Balaban J connectivity index is 2.20. The molecule has 14 heavy (non-hydrogen) atoms. The normalized spacial score (nSPS) is 24.7. The summed E-state index contributed by atoms with van der Waals surface area (Å²) in [6, 6.07) is -0.265. The average Bonchev–Trinajstić information content (AvgIpc) is 2.56. The van der Waals surface area contributed by atoms with Crippen LogP contribution in [0.5, 0.6) is 0 Å². The zero-order chi connectivity index (χ0) is 10.3. The van der Waals surface area contributed by atoms with Crippen LogP contribution in [-0.2, 0) is 9.59 Å². The van der Waals surface area contributed by atoms with Crippen LogP contribution in [0, 0.1) is 0 Å². The van der Waals surface area contributed by atoms with E-state index in [-0.39, 0.29) is 24.3 Å². The van der Waals surface area contributed by atoms with Crippen LogP contribution in [0.15, 0.2) is 16.6 Å². The van der Waals surface area contributed by atoms with Crippen molar-refractivity contribution in [3.63, 3.8) is 0 Å². The molecule has 0 spiro atoms. The van der Waals surface area contributed by atoms with E-state index in [1.807, 2.05) is 0 Å². The van der Waals surface area contributed by atoms with E-state index in [9.17, 15) is 9.59 Å². The molecule has 6 nitrogen and oxygen atoms in total. The third-order valence-electron chi connectivity index (χ3n) is 2.31. The molecule has 74 valence electrons. The number of hydrogen-bond donors (Lipinski definition) is 2. The van der Waals surface area contributed by atoms with Crippen molar-refractivity contribution in [1.82, 2.24) is 4.90 Å². The van der Waals surface area contributed by atoms with Gasteiger partial charge in [-0.15, -0.1) is 0 Å². The Kier molecular flexibility index (Phi) is 1.77. The Morgan fingerprint density at radius 1 is 1.79 bits per heavy atom. The Labute approximate surface area is 79.7 Å². The van der Waals surface area contributed by atoms with Crippen molar-refractivity contribution in [2.75, 3.05) is 6.54 Å². The van der Waals surface area contributed by atoms with Crippen molar-refractivity contribution < 1.29 is 14.7 Å². The lowest BCUT2D eigenvalue weighted by Gasteiger charge is -2.16. The Morgan fingerprint density at radius 3 is 3.14 bits per heavy atom. The molecule has 1 amide bonds. The first-order valence-corrected chi connectivity index (χ1v) is 4.15. The van der Waals surface area contributed by atoms with E-state index in [4.69, 9.17) is 10.8 Å². The minimum atomic E-state index is -0.948. The number of carboxylic acid groups (broad SMARTS) is 1. The minimum Gasteiger partial charge on any atom is -0.481 e. The van der Waals surface area contributed by atoms with Crippen molar-refractivity contribution in [3.8, 4) is 0 Å². The fourth-order valence-corrected chi connectivity index (χ4v) is 1.71. The number of aliphatic imine (C=N–C) groups is 1. The van der Waals surface area contributed by atoms with Crippen LogP contribution in [0.3, 0.4) is 0 Å². The van der Waals surface area contributed by atoms with Gasteiger partial charge in [-0.1, -0.05) is 0 Å². The lowest BCUT2D eigenvalue weighted by atomic mass is 10.1. The molecule has 2 aliphatic rings. The van der Waals surface area contributed by atoms with Gasteiger partial charge in [0.05, 0.1) is 19.0 Å². The SMILES string of the molecule is NC1=NCC2C(CC(=O)O)=CC(=O)N12. The van der Waals surface area contributed by atoms with Gasteiger partial charge < -0.3 is 10.8 Å². The number of nitrogens with two attached hydrogens (primary N) is 1. The van der Waals surface area contributed by atoms with Crippen molar-refractivity contribution in [3.05, 3.63) is 11.6 Å². The molecular formula is C8H9N3O3. The van der Waals surface area contributed by atoms with Gasteiger partial charge in [-0.05, 0) is 5.57 Å². The maximum atomic E-state index is 11.4. The van der Waals surface area contributed by atoms with Gasteiger partial charge >= 0.3 is 5.97 Å². The van der Waals surface area contributed by atoms with Crippen molar-refractivity contribution in [2.24, 2.45) is 10.7 Å². The maximum absolute atomic E-state index is 11.4. The van der Waals surface area contributed by atoms with Gasteiger partial charge in [-0.2, -0.15) is 0 Å². The lowest BCUT2D eigenvalue weighted by molar-refractivity contribution is -0.136. The summed E-state index contributed by atoms with van der Waals surface area (Å²) >= 11 is 0. The third kappa shape index (κ3) is 1.15. The molecule has 2 heterocycles. The number of rotatable bonds is 2. The Hall–Kier alpha value is -1.85. The van der Waals surface area contributed by atoms with Crippen LogP contribution >= 0.6 is 0 Å². The van der Waals surface area contributed by atoms with E-state index >= 15 is 0 Å². The van der Waals surface area contributed by atoms with Gasteiger partial charge in [0.25, 0.3) is 5.91 Å². The summed E-state index contributed by atoms with van der Waals surface area (Å²) in [5.41, 5.74) is 6.05. The predicted octanol–water partition coefficient (Wildman–Crippen LogP) is -1.07. The highest BCUT2D eigenvalue weighted by molar-refractivity contribution is 6.06. The van der Waals surface area contributed by atoms with Gasteiger partial charge in [0, 0.05) is 6.08 Å². The number of carbonyl (C=O) groups excluding carboxylic acids is 1. The summed E-state index contributed by atoms with van der Waals surface area (Å²) < 4.78 is 0. The first kappa shape index (κ1) is 8.74. The molecule has 3 N–H and O–H groups in total. The van der Waals surface area contributed by atoms with Crippen LogP contribution in [-0.4, -0.2) is 40.4 Å². The molecule has 0 aliphatic carbocycles. The summed E-state index contributed by atoms with van der Waals surface area (Å²) in [5, 5.41) is 8.61. The van der Waals surface area contributed by atoms with Gasteiger partial charge in [0.1, 0.15) is 0 Å². The van der Waals surface area contributed by atoms with Crippen molar-refractivity contribution >= 4 is 17.8 Å². The molecule has 0 saturated heterocycles. The first-order chi connectivity index (χ1) is 6.59. The molecule has 0 aromatic rings. The van der Waals surface area contributed by atoms with Crippen LogP contribution in [0.4, 0.5) is 0 Å². The third-order valence-corrected chi connectivity index (χ3v) is 2.31. The van der Waals surface area contributed by atoms with Gasteiger partial charge in [0.2, 0.25) is 0 Å². The van der Waals surface area contributed by atoms with E-state index in [1.165, 1.54) is 11.0 Å². The Bertz CT molecular complexity index is 372. The van der Waals surface area contributed by atoms with Crippen LogP contribution in [0.2, 0.25) is 0 Å². The number of aliphatic carboxylic acids is 1. The van der Waals surface area contributed by atoms with E-state index < -0.39 is 5.97 Å². The van der Waals surface area contributed by atoms with Crippen LogP contribution in [0.1, 0.15) is 6.42 Å². The topological polar surface area (TPSA) is 96.0 Å². The highest BCUT2D eigenvalue weighted by Crippen LogP contribution is 2.25. The minimum absolute atomic E-state index is 0.129. The van der Waals surface area contributed by atoms with Crippen LogP contribution < -0.4 is 5.73 Å². The molecule has 0 bridgehead atoms. The molecular weight excluding hydrogens is 186 g/mol. The second-order valence-corrected chi connectivity index (χ2v) is 3.21. The van der Waals surface area contributed by atoms with Crippen molar-refractivity contribution in [1.29, 1.82) is 0 Å². The quantitative estimate of drug-likeness (QED) is 0.586. The molecule has 1 unspecified atom stereocenters. The molecule has 2 rings (SSSR count). The molecule has 0 saturated carbocycles. The highest BCUT2D eigenvalue weighted by Gasteiger charge is 2.38. The van der Waals surface area contributed by atoms with E-state index in [0.29, 0.717) is 12.1 Å². The summed E-state index contributed by atoms with van der Waals surface area (Å²) in [7, 11) is 0. The number of carboxylic acids is 1. The average molecular weight is 195 g/mol. The molecule has 0 aromatic carbocycles. The number of fused-ring (bicyclic) bond motifs is 1. The smallest absolute Gasteiger partial charge is 0.307 e. The summed E-state index contributed by atoms with van der Waals surface area (Å²) in [6.45, 7) is 0.372. The summed E-state index contributed by atoms with van der Waals surface area (Å²) in [4.78, 5) is 27.1. The summed E-state index contributed by atoms with van der Waals surface area (Å²) in [6.07, 6.45) is 1.20. The fraction of sp³-hybridized carbons (Fsp3) is 0.375. The van der Waals surface area contributed by atoms with E-state index in [2.05, 4.69) is 4.99 Å². The summed E-state index contributed by atoms with van der Waals surface area (Å²) in [5.74, 6) is -1.04. The molecule has 6 heteroatoms. The second kappa shape index (κ2) is 2.83. The zero-order valence-corrected chi connectivity index (χ0v) is 7.30. The number of hydrogen-bond acceptors (Lipinski definition) is 4. The number of guanidine groups is 1. The highest BCUT2D eigenvalue weighted by atomic mass is 16.4. The largest absolute Gasteiger partial charge is 0.481 e. The molecule has 0 radical (unpaired) electrons. The van der Waals surface area contributed by atoms with E-state index in [1.54, 1.807) is 0 Å². The van der Waals surface area contributed by atoms with Gasteiger partial charge in [-0.3, -0.25) is 19.5 Å².